The Bertz CT molecular complexity index is 622. The van der Waals surface area contributed by atoms with Crippen molar-refractivity contribution in [1.29, 1.82) is 0 Å². The Labute approximate surface area is 163 Å². The largest absolute Gasteiger partial charge is 0.373 e. The molecule has 1 aromatic rings. The number of anilines is 1. The van der Waals surface area contributed by atoms with Gasteiger partial charge in [0, 0.05) is 44.0 Å². The molecule has 0 aliphatic carbocycles. The van der Waals surface area contributed by atoms with Gasteiger partial charge in [-0.2, -0.15) is 0 Å². The van der Waals surface area contributed by atoms with Crippen LogP contribution in [0.4, 0.5) is 5.69 Å². The Morgan fingerprint density at radius 1 is 1.19 bits per heavy atom. The van der Waals surface area contributed by atoms with E-state index in [0.717, 1.165) is 51.7 Å². The number of nitrogens with one attached hydrogen (secondary N) is 2. The zero-order chi connectivity index (χ0) is 18.5. The van der Waals surface area contributed by atoms with Crippen molar-refractivity contribution in [3.63, 3.8) is 0 Å². The SMILES string of the molecule is CCNC(=NCC1CN2CCCC2CO1)NC1CCN(c2ccccc2)C1. The van der Waals surface area contributed by atoms with Crippen molar-refractivity contribution in [3.8, 4) is 0 Å². The maximum absolute atomic E-state index is 6.05. The second-order valence-corrected chi connectivity index (χ2v) is 7.88. The third-order valence-electron chi connectivity index (χ3n) is 5.91. The maximum atomic E-state index is 6.05. The van der Waals surface area contributed by atoms with Gasteiger partial charge in [0.05, 0.1) is 19.3 Å². The van der Waals surface area contributed by atoms with Gasteiger partial charge in [-0.3, -0.25) is 9.89 Å². The molecular weight excluding hydrogens is 338 g/mol. The number of nitrogens with zero attached hydrogens (tertiary/aromatic N) is 3. The molecule has 1 aromatic carbocycles. The molecule has 6 heteroatoms. The molecule has 148 valence electrons. The molecule has 3 aliphatic rings. The lowest BCUT2D eigenvalue weighted by Crippen LogP contribution is -2.48. The van der Waals surface area contributed by atoms with E-state index in [4.69, 9.17) is 9.73 Å². The van der Waals surface area contributed by atoms with Crippen molar-refractivity contribution < 1.29 is 4.74 Å². The number of ether oxygens (including phenoxy) is 1. The summed E-state index contributed by atoms with van der Waals surface area (Å²) in [6.07, 6.45) is 3.96. The minimum absolute atomic E-state index is 0.221. The van der Waals surface area contributed by atoms with Crippen molar-refractivity contribution in [2.45, 2.75) is 44.4 Å². The van der Waals surface area contributed by atoms with Gasteiger partial charge in [0.2, 0.25) is 0 Å². The van der Waals surface area contributed by atoms with E-state index >= 15 is 0 Å². The van der Waals surface area contributed by atoms with Crippen molar-refractivity contribution in [3.05, 3.63) is 30.3 Å². The molecule has 3 aliphatic heterocycles. The molecule has 3 unspecified atom stereocenters. The topological polar surface area (TPSA) is 52.1 Å². The molecule has 0 amide bonds. The van der Waals surface area contributed by atoms with Gasteiger partial charge in [0.15, 0.2) is 5.96 Å². The average Bonchev–Trinajstić information content (AvgIpc) is 3.36. The number of aliphatic imine (C=N–C) groups is 1. The minimum atomic E-state index is 0.221. The Balaban J connectivity index is 1.29. The first-order valence-corrected chi connectivity index (χ1v) is 10.5. The maximum Gasteiger partial charge on any atom is 0.191 e. The Morgan fingerprint density at radius 3 is 2.93 bits per heavy atom. The minimum Gasteiger partial charge on any atom is -0.373 e. The van der Waals surface area contributed by atoms with Gasteiger partial charge in [0.1, 0.15) is 0 Å². The van der Waals surface area contributed by atoms with E-state index < -0.39 is 0 Å². The summed E-state index contributed by atoms with van der Waals surface area (Å²) in [5.41, 5.74) is 1.31. The standard InChI is InChI=1S/C21H33N5O/c1-2-22-21(23-13-20-15-25-11-6-9-19(25)16-27-20)24-17-10-12-26(14-17)18-7-4-3-5-8-18/h3-5,7-8,17,19-20H,2,6,9-16H2,1H3,(H2,22,23,24). The summed E-state index contributed by atoms with van der Waals surface area (Å²) in [4.78, 5) is 9.86. The zero-order valence-electron chi connectivity index (χ0n) is 16.4. The van der Waals surface area contributed by atoms with Crippen molar-refractivity contribution in [2.75, 3.05) is 50.8 Å². The highest BCUT2D eigenvalue weighted by atomic mass is 16.5. The Morgan fingerprint density at radius 2 is 2.07 bits per heavy atom. The second kappa shape index (κ2) is 8.93. The number of morpholine rings is 1. The number of fused-ring (bicyclic) bond motifs is 1. The van der Waals surface area contributed by atoms with Crippen LogP contribution in [0.5, 0.6) is 0 Å². The molecule has 0 radical (unpaired) electrons. The summed E-state index contributed by atoms with van der Waals surface area (Å²) in [5.74, 6) is 0.921. The van der Waals surface area contributed by atoms with Crippen LogP contribution in [0.25, 0.3) is 0 Å². The van der Waals surface area contributed by atoms with Crippen molar-refractivity contribution in [2.24, 2.45) is 4.99 Å². The van der Waals surface area contributed by atoms with Gasteiger partial charge in [0.25, 0.3) is 0 Å². The van der Waals surface area contributed by atoms with Crippen LogP contribution < -0.4 is 15.5 Å². The molecule has 3 atom stereocenters. The highest BCUT2D eigenvalue weighted by Gasteiger charge is 2.32. The number of para-hydroxylation sites is 1. The summed E-state index contributed by atoms with van der Waals surface area (Å²) in [6.45, 7) is 8.96. The van der Waals surface area contributed by atoms with Gasteiger partial charge in [-0.25, -0.2) is 0 Å². The second-order valence-electron chi connectivity index (χ2n) is 7.88. The van der Waals surface area contributed by atoms with Crippen molar-refractivity contribution >= 4 is 11.6 Å². The lowest BCUT2D eigenvalue weighted by molar-refractivity contribution is -0.0432. The van der Waals surface area contributed by atoms with Crippen LogP contribution in [0, 0.1) is 0 Å². The van der Waals surface area contributed by atoms with Crippen LogP contribution in [0.3, 0.4) is 0 Å². The molecule has 3 heterocycles. The van der Waals surface area contributed by atoms with Crippen LogP contribution in [0.1, 0.15) is 26.2 Å². The first kappa shape index (κ1) is 18.6. The fourth-order valence-electron chi connectivity index (χ4n) is 4.45. The smallest absolute Gasteiger partial charge is 0.191 e. The first-order valence-electron chi connectivity index (χ1n) is 10.5. The van der Waals surface area contributed by atoms with Crippen LogP contribution in [-0.4, -0.2) is 74.9 Å². The van der Waals surface area contributed by atoms with E-state index in [-0.39, 0.29) is 6.10 Å². The summed E-state index contributed by atoms with van der Waals surface area (Å²) in [6, 6.07) is 11.7. The average molecular weight is 372 g/mol. The van der Waals surface area contributed by atoms with Crippen LogP contribution in [0.15, 0.2) is 35.3 Å². The molecule has 0 saturated carbocycles. The van der Waals surface area contributed by atoms with E-state index in [1.165, 1.54) is 25.1 Å². The first-order chi connectivity index (χ1) is 13.3. The molecule has 0 bridgehead atoms. The highest BCUT2D eigenvalue weighted by molar-refractivity contribution is 5.80. The summed E-state index contributed by atoms with van der Waals surface area (Å²) in [5, 5.41) is 7.03. The monoisotopic (exact) mass is 371 g/mol. The van der Waals surface area contributed by atoms with Crippen LogP contribution in [-0.2, 0) is 4.74 Å². The van der Waals surface area contributed by atoms with E-state index in [1.54, 1.807) is 0 Å². The van der Waals surface area contributed by atoms with E-state index in [2.05, 4.69) is 57.7 Å². The predicted octanol–water partition coefficient (Wildman–Crippen LogP) is 1.68. The number of rotatable bonds is 5. The Hall–Kier alpha value is -1.79. The number of guanidine groups is 1. The number of benzene rings is 1. The van der Waals surface area contributed by atoms with E-state index in [1.807, 2.05) is 0 Å². The molecule has 4 rings (SSSR count). The quantitative estimate of drug-likeness (QED) is 0.609. The molecule has 0 spiro atoms. The van der Waals surface area contributed by atoms with Crippen LogP contribution >= 0.6 is 0 Å². The van der Waals surface area contributed by atoms with Crippen LogP contribution in [0.2, 0.25) is 0 Å². The number of hydrogen-bond donors (Lipinski definition) is 2. The fourth-order valence-corrected chi connectivity index (χ4v) is 4.45. The lowest BCUT2D eigenvalue weighted by Gasteiger charge is -2.34. The molecule has 27 heavy (non-hydrogen) atoms. The molecule has 3 saturated heterocycles. The summed E-state index contributed by atoms with van der Waals surface area (Å²) >= 11 is 0. The summed E-state index contributed by atoms with van der Waals surface area (Å²) in [7, 11) is 0. The predicted molar refractivity (Wildman–Crippen MR) is 111 cm³/mol. The molecule has 6 nitrogen and oxygen atoms in total. The van der Waals surface area contributed by atoms with Gasteiger partial charge < -0.3 is 20.3 Å². The van der Waals surface area contributed by atoms with Gasteiger partial charge in [-0.1, -0.05) is 18.2 Å². The van der Waals surface area contributed by atoms with Crippen molar-refractivity contribution in [1.82, 2.24) is 15.5 Å². The summed E-state index contributed by atoms with van der Waals surface area (Å²) < 4.78 is 6.05. The normalized spacial score (nSPS) is 29.0. The fraction of sp³-hybridized carbons (Fsp3) is 0.667. The van der Waals surface area contributed by atoms with E-state index in [0.29, 0.717) is 12.1 Å². The van der Waals surface area contributed by atoms with Gasteiger partial charge >= 0.3 is 0 Å². The molecule has 3 fully saturated rings. The third-order valence-corrected chi connectivity index (χ3v) is 5.91. The zero-order valence-corrected chi connectivity index (χ0v) is 16.4. The number of hydrogen-bond acceptors (Lipinski definition) is 4. The van der Waals surface area contributed by atoms with Gasteiger partial charge in [-0.15, -0.1) is 0 Å². The molecular formula is C21H33N5O. The van der Waals surface area contributed by atoms with E-state index in [9.17, 15) is 0 Å². The lowest BCUT2D eigenvalue weighted by atomic mass is 10.2. The molecule has 2 N–H and O–H groups in total. The highest BCUT2D eigenvalue weighted by Crippen LogP contribution is 2.23. The molecule has 0 aromatic heterocycles. The Kier molecular flexibility index (Phi) is 6.14. The third kappa shape index (κ3) is 4.74. The van der Waals surface area contributed by atoms with Gasteiger partial charge in [-0.05, 0) is 44.9 Å².